The fraction of sp³-hybridized carbons (Fsp3) is 0.545. The molecule has 1 N–H and O–H groups in total. The van der Waals surface area contributed by atoms with Gasteiger partial charge in [-0.3, -0.25) is 0 Å². The molecule has 2 rings (SSSR count). The van der Waals surface area contributed by atoms with Crippen LogP contribution in [0.3, 0.4) is 0 Å². The van der Waals surface area contributed by atoms with Gasteiger partial charge in [-0.25, -0.2) is 4.98 Å². The highest BCUT2D eigenvalue weighted by Gasteiger charge is 2.17. The van der Waals surface area contributed by atoms with Crippen LogP contribution in [0, 0.1) is 0 Å². The number of thiazole rings is 1. The lowest BCUT2D eigenvalue weighted by Crippen LogP contribution is -2.11. The number of hydrogen-bond donors (Lipinski definition) is 1. The molecule has 2 heterocycles. The summed E-state index contributed by atoms with van der Waals surface area (Å²) in [6, 6.07) is 0. The van der Waals surface area contributed by atoms with Crippen LogP contribution >= 0.6 is 34.4 Å². The lowest BCUT2D eigenvalue weighted by atomic mass is 9.93. The fourth-order valence-corrected chi connectivity index (χ4v) is 3.96. The molecular formula is C11H16N4S3. The molecule has 2 aromatic heterocycles. The lowest BCUT2D eigenvalue weighted by Gasteiger charge is -2.14. The van der Waals surface area contributed by atoms with Gasteiger partial charge in [0.05, 0.1) is 11.4 Å². The third kappa shape index (κ3) is 3.43. The van der Waals surface area contributed by atoms with Crippen molar-refractivity contribution >= 4 is 39.6 Å². The molecule has 2 aromatic rings. The maximum Gasteiger partial charge on any atom is 0.206 e. The number of hydrogen-bond acceptors (Lipinski definition) is 7. The van der Waals surface area contributed by atoms with E-state index < -0.39 is 0 Å². The summed E-state index contributed by atoms with van der Waals surface area (Å²) >= 11 is 4.97. The zero-order chi connectivity index (χ0) is 13.2. The first-order valence-electron chi connectivity index (χ1n) is 5.58. The Morgan fingerprint density at radius 2 is 2.11 bits per heavy atom. The van der Waals surface area contributed by atoms with E-state index >= 15 is 0 Å². The minimum absolute atomic E-state index is 0.126. The molecule has 0 aliphatic rings. The van der Waals surface area contributed by atoms with Crippen molar-refractivity contribution in [2.45, 2.75) is 36.3 Å². The molecule has 0 spiro atoms. The predicted molar refractivity (Wildman–Crippen MR) is 79.8 cm³/mol. The zero-order valence-corrected chi connectivity index (χ0v) is 13.3. The number of rotatable bonds is 4. The second kappa shape index (κ2) is 5.54. The summed E-state index contributed by atoms with van der Waals surface area (Å²) in [4.78, 5) is 4.66. The monoisotopic (exact) mass is 300 g/mol. The van der Waals surface area contributed by atoms with Crippen molar-refractivity contribution in [3.05, 3.63) is 16.1 Å². The summed E-state index contributed by atoms with van der Waals surface area (Å²) in [7, 11) is 1.85. The highest BCUT2D eigenvalue weighted by Crippen LogP contribution is 2.30. The number of anilines is 1. The fourth-order valence-electron chi connectivity index (χ4n) is 1.21. The van der Waals surface area contributed by atoms with E-state index in [2.05, 4.69) is 46.6 Å². The van der Waals surface area contributed by atoms with E-state index in [1.807, 2.05) is 7.05 Å². The van der Waals surface area contributed by atoms with Crippen LogP contribution < -0.4 is 5.32 Å². The Kier molecular flexibility index (Phi) is 4.24. The van der Waals surface area contributed by atoms with Gasteiger partial charge in [0, 0.05) is 17.8 Å². The van der Waals surface area contributed by atoms with Crippen LogP contribution in [-0.4, -0.2) is 22.2 Å². The number of aromatic nitrogens is 3. The quantitative estimate of drug-likeness (QED) is 0.874. The van der Waals surface area contributed by atoms with Crippen LogP contribution in [0.4, 0.5) is 5.13 Å². The molecule has 98 valence electrons. The molecular weight excluding hydrogens is 284 g/mol. The van der Waals surface area contributed by atoms with Gasteiger partial charge in [0.1, 0.15) is 5.01 Å². The minimum Gasteiger partial charge on any atom is -0.363 e. The zero-order valence-electron chi connectivity index (χ0n) is 10.9. The highest BCUT2D eigenvalue weighted by molar-refractivity contribution is 8.00. The average molecular weight is 300 g/mol. The summed E-state index contributed by atoms with van der Waals surface area (Å²) in [5, 5.41) is 15.2. The van der Waals surface area contributed by atoms with Gasteiger partial charge in [-0.15, -0.1) is 21.5 Å². The molecule has 0 saturated carbocycles. The third-order valence-electron chi connectivity index (χ3n) is 2.26. The van der Waals surface area contributed by atoms with Crippen LogP contribution in [0.5, 0.6) is 0 Å². The van der Waals surface area contributed by atoms with Gasteiger partial charge in [0.25, 0.3) is 0 Å². The Bertz CT molecular complexity index is 512. The molecule has 0 unspecified atom stereocenters. The molecule has 7 heteroatoms. The Morgan fingerprint density at radius 3 is 2.67 bits per heavy atom. The van der Waals surface area contributed by atoms with Gasteiger partial charge < -0.3 is 5.32 Å². The molecule has 0 bridgehead atoms. The first kappa shape index (κ1) is 13.8. The summed E-state index contributed by atoms with van der Waals surface area (Å²) in [5.74, 6) is 0.860. The van der Waals surface area contributed by atoms with E-state index in [0.29, 0.717) is 0 Å². The van der Waals surface area contributed by atoms with Crippen LogP contribution in [0.25, 0.3) is 0 Å². The van der Waals surface area contributed by atoms with E-state index in [1.165, 1.54) is 0 Å². The van der Waals surface area contributed by atoms with Crippen LogP contribution in [0.1, 0.15) is 31.5 Å². The maximum atomic E-state index is 4.66. The molecule has 0 fully saturated rings. The molecule has 0 aromatic carbocycles. The smallest absolute Gasteiger partial charge is 0.206 e. The number of nitrogens with one attached hydrogen (secondary N) is 1. The van der Waals surface area contributed by atoms with E-state index in [0.717, 1.165) is 25.9 Å². The van der Waals surface area contributed by atoms with Crippen molar-refractivity contribution in [3.63, 3.8) is 0 Å². The van der Waals surface area contributed by atoms with E-state index in [4.69, 9.17) is 0 Å². The van der Waals surface area contributed by atoms with E-state index in [9.17, 15) is 0 Å². The minimum atomic E-state index is 0.126. The standard InChI is InChI=1S/C11H16N4S3/c1-11(2,3)7-5-16-8(13-7)6-17-10-15-14-9(12-4)18-10/h5H,6H2,1-4H3,(H,12,14). The van der Waals surface area contributed by atoms with Crippen molar-refractivity contribution in [3.8, 4) is 0 Å². The Labute approximate surface area is 119 Å². The molecule has 18 heavy (non-hydrogen) atoms. The predicted octanol–water partition coefficient (Wildman–Crippen LogP) is 3.63. The number of nitrogens with zero attached hydrogens (tertiary/aromatic N) is 3. The molecule has 0 amide bonds. The largest absolute Gasteiger partial charge is 0.363 e. The van der Waals surface area contributed by atoms with Gasteiger partial charge in [-0.05, 0) is 0 Å². The second-order valence-corrected chi connectivity index (χ2v) is 7.93. The summed E-state index contributed by atoms with van der Waals surface area (Å²) in [5.41, 5.74) is 1.29. The summed E-state index contributed by atoms with van der Waals surface area (Å²) < 4.78 is 0.979. The van der Waals surface area contributed by atoms with Crippen molar-refractivity contribution in [2.75, 3.05) is 12.4 Å². The van der Waals surface area contributed by atoms with E-state index in [-0.39, 0.29) is 5.41 Å². The summed E-state index contributed by atoms with van der Waals surface area (Å²) in [6.45, 7) is 6.55. The Morgan fingerprint density at radius 1 is 1.33 bits per heavy atom. The SMILES string of the molecule is CNc1nnc(SCc2nc(C(C)(C)C)cs2)s1. The third-order valence-corrected chi connectivity index (χ3v) is 5.38. The molecule has 0 aliphatic heterocycles. The first-order chi connectivity index (χ1) is 8.49. The average Bonchev–Trinajstić information content (AvgIpc) is 2.94. The Hall–Kier alpha value is -0.660. The molecule has 0 saturated heterocycles. The number of thioether (sulfide) groups is 1. The normalized spacial score (nSPS) is 11.8. The van der Waals surface area contributed by atoms with Crippen molar-refractivity contribution in [1.82, 2.24) is 15.2 Å². The van der Waals surface area contributed by atoms with Crippen LogP contribution in [0.15, 0.2) is 9.72 Å². The summed E-state index contributed by atoms with van der Waals surface area (Å²) in [6.07, 6.45) is 0. The van der Waals surface area contributed by atoms with Gasteiger partial charge in [-0.1, -0.05) is 43.9 Å². The van der Waals surface area contributed by atoms with Crippen molar-refractivity contribution < 1.29 is 0 Å². The van der Waals surface area contributed by atoms with E-state index in [1.54, 1.807) is 34.4 Å². The maximum absolute atomic E-state index is 4.66. The van der Waals surface area contributed by atoms with Crippen LogP contribution in [-0.2, 0) is 11.2 Å². The highest BCUT2D eigenvalue weighted by atomic mass is 32.2. The van der Waals surface area contributed by atoms with Gasteiger partial charge in [-0.2, -0.15) is 0 Å². The molecule has 0 aliphatic carbocycles. The molecule has 4 nitrogen and oxygen atoms in total. The second-order valence-electron chi connectivity index (χ2n) is 4.79. The molecule has 0 atom stereocenters. The Balaban J connectivity index is 1.96. The first-order valence-corrected chi connectivity index (χ1v) is 8.26. The lowest BCUT2D eigenvalue weighted by molar-refractivity contribution is 0.572. The van der Waals surface area contributed by atoms with Gasteiger partial charge in [0.2, 0.25) is 5.13 Å². The molecule has 0 radical (unpaired) electrons. The van der Waals surface area contributed by atoms with Crippen molar-refractivity contribution in [2.24, 2.45) is 0 Å². The van der Waals surface area contributed by atoms with Gasteiger partial charge in [0.15, 0.2) is 4.34 Å². The topological polar surface area (TPSA) is 50.7 Å². The van der Waals surface area contributed by atoms with Gasteiger partial charge >= 0.3 is 0 Å². The van der Waals surface area contributed by atoms with Crippen LogP contribution in [0.2, 0.25) is 0 Å². The van der Waals surface area contributed by atoms with Crippen molar-refractivity contribution in [1.29, 1.82) is 0 Å².